The maximum absolute atomic E-state index is 11.9. The number of fused-ring (bicyclic) bond motifs is 1. The predicted molar refractivity (Wildman–Crippen MR) is 69.2 cm³/mol. The summed E-state index contributed by atoms with van der Waals surface area (Å²) in [7, 11) is 0. The summed E-state index contributed by atoms with van der Waals surface area (Å²) < 4.78 is 1.26. The van der Waals surface area contributed by atoms with Crippen LogP contribution in [0.2, 0.25) is 5.15 Å². The number of nitrogens with one attached hydrogen (secondary N) is 1. The van der Waals surface area contributed by atoms with Gasteiger partial charge in [-0.2, -0.15) is 0 Å². The molecule has 1 heterocycles. The summed E-state index contributed by atoms with van der Waals surface area (Å²) in [4.78, 5) is 26.1. The SMILES string of the molecule is O=c1cc(Cl)[nH]c(=O)n1C1Cc2ccccc2C1. The molecule has 0 saturated carbocycles. The monoisotopic (exact) mass is 262 g/mol. The summed E-state index contributed by atoms with van der Waals surface area (Å²) in [6.45, 7) is 0. The van der Waals surface area contributed by atoms with Crippen LogP contribution in [0.5, 0.6) is 0 Å². The topological polar surface area (TPSA) is 54.9 Å². The van der Waals surface area contributed by atoms with Crippen molar-refractivity contribution >= 4 is 11.6 Å². The number of halogens is 1. The van der Waals surface area contributed by atoms with Crippen LogP contribution in [-0.4, -0.2) is 9.55 Å². The van der Waals surface area contributed by atoms with Crippen LogP contribution < -0.4 is 11.2 Å². The fraction of sp³-hybridized carbons (Fsp3) is 0.231. The van der Waals surface area contributed by atoms with Gasteiger partial charge in [-0.1, -0.05) is 35.9 Å². The van der Waals surface area contributed by atoms with Gasteiger partial charge in [0.05, 0.1) is 0 Å². The number of aromatic nitrogens is 2. The zero-order valence-corrected chi connectivity index (χ0v) is 10.3. The molecule has 5 heteroatoms. The van der Waals surface area contributed by atoms with E-state index in [1.54, 1.807) is 0 Å². The van der Waals surface area contributed by atoms with Crippen molar-refractivity contribution in [2.24, 2.45) is 0 Å². The third-order valence-electron chi connectivity index (χ3n) is 3.33. The molecule has 4 nitrogen and oxygen atoms in total. The third-order valence-corrected chi connectivity index (χ3v) is 3.53. The van der Waals surface area contributed by atoms with Crippen molar-refractivity contribution in [1.82, 2.24) is 9.55 Å². The quantitative estimate of drug-likeness (QED) is 0.793. The number of H-pyrrole nitrogens is 1. The highest BCUT2D eigenvalue weighted by Gasteiger charge is 2.24. The van der Waals surface area contributed by atoms with Gasteiger partial charge in [0.25, 0.3) is 5.56 Å². The molecule has 18 heavy (non-hydrogen) atoms. The average Bonchev–Trinajstić information content (AvgIpc) is 2.70. The fourth-order valence-corrected chi connectivity index (χ4v) is 2.71. The van der Waals surface area contributed by atoms with Crippen LogP contribution in [0.3, 0.4) is 0 Å². The molecule has 3 rings (SSSR count). The molecule has 0 spiro atoms. The van der Waals surface area contributed by atoms with Gasteiger partial charge in [-0.15, -0.1) is 0 Å². The van der Waals surface area contributed by atoms with Crippen molar-refractivity contribution in [2.45, 2.75) is 18.9 Å². The Morgan fingerprint density at radius 3 is 2.33 bits per heavy atom. The van der Waals surface area contributed by atoms with Crippen molar-refractivity contribution in [3.8, 4) is 0 Å². The molecule has 2 aromatic rings. The molecule has 0 radical (unpaired) electrons. The van der Waals surface area contributed by atoms with Gasteiger partial charge in [0.15, 0.2) is 0 Å². The van der Waals surface area contributed by atoms with Crippen LogP contribution in [0, 0.1) is 0 Å². The molecule has 0 atom stereocenters. The minimum atomic E-state index is -0.440. The summed E-state index contributed by atoms with van der Waals surface area (Å²) in [5.41, 5.74) is 1.61. The lowest BCUT2D eigenvalue weighted by Crippen LogP contribution is -2.37. The molecular formula is C13H11ClN2O2. The number of rotatable bonds is 1. The lowest BCUT2D eigenvalue weighted by molar-refractivity contribution is 0.487. The molecule has 0 fully saturated rings. The summed E-state index contributed by atoms with van der Waals surface area (Å²) in [5, 5.41) is 0.0803. The third kappa shape index (κ3) is 1.78. The van der Waals surface area contributed by atoms with Crippen molar-refractivity contribution in [3.05, 3.63) is 67.4 Å². The Hall–Kier alpha value is -1.81. The highest BCUT2D eigenvalue weighted by atomic mass is 35.5. The highest BCUT2D eigenvalue weighted by molar-refractivity contribution is 6.29. The maximum Gasteiger partial charge on any atom is 0.329 e. The number of hydrogen-bond donors (Lipinski definition) is 1. The molecule has 0 amide bonds. The second-order valence-corrected chi connectivity index (χ2v) is 4.87. The largest absolute Gasteiger partial charge is 0.329 e. The zero-order chi connectivity index (χ0) is 12.7. The molecule has 1 aromatic heterocycles. The van der Waals surface area contributed by atoms with Gasteiger partial charge in [0.2, 0.25) is 0 Å². The van der Waals surface area contributed by atoms with Gasteiger partial charge in [0.1, 0.15) is 5.15 Å². The maximum atomic E-state index is 11.9. The Labute approximate surface area is 108 Å². The number of aromatic amines is 1. The van der Waals surface area contributed by atoms with Gasteiger partial charge < -0.3 is 0 Å². The second kappa shape index (κ2) is 4.14. The molecule has 1 aromatic carbocycles. The van der Waals surface area contributed by atoms with Gasteiger partial charge in [-0.25, -0.2) is 4.79 Å². The average molecular weight is 263 g/mol. The van der Waals surface area contributed by atoms with Gasteiger partial charge >= 0.3 is 5.69 Å². The molecule has 1 aliphatic carbocycles. The lowest BCUT2D eigenvalue weighted by atomic mass is 10.1. The molecule has 0 saturated heterocycles. The van der Waals surface area contributed by atoms with E-state index in [1.165, 1.54) is 21.8 Å². The van der Waals surface area contributed by atoms with Gasteiger partial charge in [0, 0.05) is 12.1 Å². The van der Waals surface area contributed by atoms with Crippen molar-refractivity contribution in [3.63, 3.8) is 0 Å². The summed E-state index contributed by atoms with van der Waals surface area (Å²) in [6, 6.07) is 9.13. The first-order valence-electron chi connectivity index (χ1n) is 5.73. The Kier molecular flexibility index (Phi) is 2.59. The molecule has 1 N–H and O–H groups in total. The first kappa shape index (κ1) is 11.3. The number of nitrogens with zero attached hydrogens (tertiary/aromatic N) is 1. The van der Waals surface area contributed by atoms with Crippen LogP contribution in [0.25, 0.3) is 0 Å². The molecule has 0 bridgehead atoms. The van der Waals surface area contributed by atoms with Crippen molar-refractivity contribution in [1.29, 1.82) is 0 Å². The van der Waals surface area contributed by atoms with Gasteiger partial charge in [-0.3, -0.25) is 14.3 Å². The normalized spacial score (nSPS) is 14.7. The first-order chi connectivity index (χ1) is 8.65. The van der Waals surface area contributed by atoms with Crippen molar-refractivity contribution < 1.29 is 0 Å². The van der Waals surface area contributed by atoms with Crippen LogP contribution in [0.4, 0.5) is 0 Å². The van der Waals surface area contributed by atoms with Crippen LogP contribution >= 0.6 is 11.6 Å². The Balaban J connectivity index is 2.06. The van der Waals surface area contributed by atoms with E-state index in [0.717, 1.165) is 0 Å². The van der Waals surface area contributed by atoms with E-state index in [4.69, 9.17) is 11.6 Å². The predicted octanol–water partition coefficient (Wildman–Crippen LogP) is 1.53. The first-order valence-corrected chi connectivity index (χ1v) is 6.11. The van der Waals surface area contributed by atoms with E-state index in [9.17, 15) is 9.59 Å². The van der Waals surface area contributed by atoms with E-state index >= 15 is 0 Å². The van der Waals surface area contributed by atoms with Gasteiger partial charge in [-0.05, 0) is 24.0 Å². The standard InChI is InChI=1S/C13H11ClN2O2/c14-11-7-12(17)16(13(18)15-11)10-5-8-3-1-2-4-9(8)6-10/h1-4,7,10H,5-6H2,(H,15,18). The second-order valence-electron chi connectivity index (χ2n) is 4.46. The molecule has 1 aliphatic rings. The smallest absolute Gasteiger partial charge is 0.298 e. The molecular weight excluding hydrogens is 252 g/mol. The fourth-order valence-electron chi connectivity index (χ4n) is 2.54. The number of benzene rings is 1. The molecule has 0 aliphatic heterocycles. The Morgan fingerprint density at radius 2 is 1.78 bits per heavy atom. The Morgan fingerprint density at radius 1 is 1.17 bits per heavy atom. The van der Waals surface area contributed by atoms with E-state index in [0.29, 0.717) is 12.8 Å². The summed E-state index contributed by atoms with van der Waals surface area (Å²) in [6.07, 6.45) is 1.42. The highest BCUT2D eigenvalue weighted by Crippen LogP contribution is 2.28. The minimum Gasteiger partial charge on any atom is -0.298 e. The molecule has 0 unspecified atom stereocenters. The van der Waals surface area contributed by atoms with E-state index in [1.807, 2.05) is 24.3 Å². The molecule has 92 valence electrons. The van der Waals surface area contributed by atoms with Crippen LogP contribution in [-0.2, 0) is 12.8 Å². The van der Waals surface area contributed by atoms with E-state index in [-0.39, 0.29) is 16.8 Å². The number of hydrogen-bond acceptors (Lipinski definition) is 2. The summed E-state index contributed by atoms with van der Waals surface area (Å²) in [5.74, 6) is 0. The summed E-state index contributed by atoms with van der Waals surface area (Å²) >= 11 is 5.65. The van der Waals surface area contributed by atoms with Crippen molar-refractivity contribution in [2.75, 3.05) is 0 Å². The van der Waals surface area contributed by atoms with Crippen LogP contribution in [0.15, 0.2) is 39.9 Å². The van der Waals surface area contributed by atoms with E-state index in [2.05, 4.69) is 4.98 Å². The van der Waals surface area contributed by atoms with Crippen LogP contribution in [0.1, 0.15) is 17.2 Å². The minimum absolute atomic E-state index is 0.0803. The van der Waals surface area contributed by atoms with E-state index < -0.39 is 5.69 Å². The lowest BCUT2D eigenvalue weighted by Gasteiger charge is -2.11. The Bertz CT molecular complexity index is 661. The zero-order valence-electron chi connectivity index (χ0n) is 9.52.